The Morgan fingerprint density at radius 2 is 1.51 bits per heavy atom. The smallest absolute Gasteiger partial charge is 0.0187 e. The zero-order chi connectivity index (χ0) is 26.2. The number of rotatable bonds is 19. The average molecular weight is 479 g/mol. The van der Waals surface area contributed by atoms with E-state index in [1.54, 1.807) is 0 Å². The molecule has 0 spiro atoms. The van der Waals surface area contributed by atoms with Gasteiger partial charge in [-0.15, -0.1) is 0 Å². The quantitative estimate of drug-likeness (QED) is 0.137. The molecular weight excluding hydrogens is 420 g/mol. The summed E-state index contributed by atoms with van der Waals surface area (Å²) in [6, 6.07) is 7.13. The minimum atomic E-state index is 0.569. The van der Waals surface area contributed by atoms with Crippen LogP contribution < -0.4 is 0 Å². The maximum atomic E-state index is 4.44. The zero-order valence-corrected chi connectivity index (χ0v) is 24.6. The van der Waals surface area contributed by atoms with Crippen molar-refractivity contribution in [1.82, 2.24) is 0 Å². The fourth-order valence-electron chi connectivity index (χ4n) is 5.36. The van der Waals surface area contributed by atoms with Gasteiger partial charge in [-0.05, 0) is 99.3 Å². The van der Waals surface area contributed by atoms with Crippen molar-refractivity contribution in [2.75, 3.05) is 0 Å². The normalized spacial score (nSPS) is 14.5. The van der Waals surface area contributed by atoms with Gasteiger partial charge in [0.1, 0.15) is 0 Å². The molecule has 0 aliphatic carbocycles. The van der Waals surface area contributed by atoms with E-state index in [0.717, 1.165) is 12.8 Å². The van der Waals surface area contributed by atoms with E-state index in [-0.39, 0.29) is 0 Å². The SMILES string of the molecule is C=C(CCc1ccc(C)c(C(=CC)C(C)CCC(CCCCCC)C(=C)C)c1)C(C)CCCCC. The summed E-state index contributed by atoms with van der Waals surface area (Å²) in [4.78, 5) is 0. The number of benzene rings is 1. The maximum absolute atomic E-state index is 4.44. The number of unbranched alkanes of at least 4 members (excludes halogenated alkanes) is 5. The maximum Gasteiger partial charge on any atom is -0.0187 e. The zero-order valence-electron chi connectivity index (χ0n) is 24.6. The van der Waals surface area contributed by atoms with Crippen molar-refractivity contribution in [1.29, 1.82) is 0 Å². The highest BCUT2D eigenvalue weighted by Gasteiger charge is 2.17. The number of aryl methyl sites for hydroxylation is 2. The van der Waals surface area contributed by atoms with E-state index in [0.29, 0.717) is 17.8 Å². The Balaban J connectivity index is 2.77. The van der Waals surface area contributed by atoms with Gasteiger partial charge in [0, 0.05) is 0 Å². The molecule has 35 heavy (non-hydrogen) atoms. The van der Waals surface area contributed by atoms with Gasteiger partial charge >= 0.3 is 0 Å². The topological polar surface area (TPSA) is 0 Å². The highest BCUT2D eigenvalue weighted by molar-refractivity contribution is 5.70. The lowest BCUT2D eigenvalue weighted by Crippen LogP contribution is -2.07. The molecule has 0 heterocycles. The summed E-state index contributed by atoms with van der Waals surface area (Å²) in [7, 11) is 0. The lowest BCUT2D eigenvalue weighted by atomic mass is 9.82. The molecule has 1 aromatic rings. The lowest BCUT2D eigenvalue weighted by Gasteiger charge is -2.23. The first-order chi connectivity index (χ1) is 16.7. The third-order valence-corrected chi connectivity index (χ3v) is 8.18. The van der Waals surface area contributed by atoms with Crippen LogP contribution in [0.4, 0.5) is 0 Å². The van der Waals surface area contributed by atoms with Crippen molar-refractivity contribution in [2.24, 2.45) is 17.8 Å². The van der Waals surface area contributed by atoms with E-state index in [1.165, 1.54) is 104 Å². The molecule has 3 unspecified atom stereocenters. The van der Waals surface area contributed by atoms with Crippen molar-refractivity contribution in [3.05, 3.63) is 65.3 Å². The summed E-state index contributed by atoms with van der Waals surface area (Å²) in [6.07, 6.45) is 19.0. The van der Waals surface area contributed by atoms with Crippen LogP contribution in [0.3, 0.4) is 0 Å². The second-order valence-electron chi connectivity index (χ2n) is 11.3. The second kappa shape index (κ2) is 17.8. The van der Waals surface area contributed by atoms with Crippen LogP contribution in [0, 0.1) is 24.7 Å². The Morgan fingerprint density at radius 3 is 2.14 bits per heavy atom. The predicted octanol–water partition coefficient (Wildman–Crippen LogP) is 11.7. The molecule has 198 valence electrons. The highest BCUT2D eigenvalue weighted by atomic mass is 14.2. The van der Waals surface area contributed by atoms with Crippen LogP contribution in [0.5, 0.6) is 0 Å². The van der Waals surface area contributed by atoms with Gasteiger partial charge in [-0.1, -0.05) is 121 Å². The average Bonchev–Trinajstić information content (AvgIpc) is 2.83. The first kappa shape index (κ1) is 31.5. The molecule has 0 heteroatoms. The largest absolute Gasteiger partial charge is 0.0999 e. The molecule has 0 radical (unpaired) electrons. The molecule has 0 saturated heterocycles. The molecule has 3 atom stereocenters. The third-order valence-electron chi connectivity index (χ3n) is 8.18. The summed E-state index contributed by atoms with van der Waals surface area (Å²) >= 11 is 0. The molecule has 0 N–H and O–H groups in total. The first-order valence-corrected chi connectivity index (χ1v) is 14.8. The van der Waals surface area contributed by atoms with Gasteiger partial charge in [0.05, 0.1) is 0 Å². The highest BCUT2D eigenvalue weighted by Crippen LogP contribution is 2.33. The molecule has 0 aliphatic rings. The summed E-state index contributed by atoms with van der Waals surface area (Å²) < 4.78 is 0. The van der Waals surface area contributed by atoms with Crippen LogP contribution in [-0.2, 0) is 6.42 Å². The van der Waals surface area contributed by atoms with E-state index in [2.05, 4.69) is 85.9 Å². The van der Waals surface area contributed by atoms with Crippen LogP contribution in [0.1, 0.15) is 135 Å². The van der Waals surface area contributed by atoms with Crippen molar-refractivity contribution < 1.29 is 0 Å². The van der Waals surface area contributed by atoms with Gasteiger partial charge in [0.25, 0.3) is 0 Å². The van der Waals surface area contributed by atoms with Crippen LogP contribution in [0.15, 0.2) is 48.6 Å². The van der Waals surface area contributed by atoms with Crippen molar-refractivity contribution >= 4 is 5.57 Å². The molecule has 0 bridgehead atoms. The van der Waals surface area contributed by atoms with Crippen LogP contribution >= 0.6 is 0 Å². The Bertz CT molecular complexity index is 777. The fraction of sp³-hybridized carbons (Fsp3) is 0.657. The van der Waals surface area contributed by atoms with Crippen LogP contribution in [0.2, 0.25) is 0 Å². The minimum absolute atomic E-state index is 0.569. The Kier molecular flexibility index (Phi) is 16.0. The number of allylic oxidation sites excluding steroid dienone is 4. The molecule has 0 fully saturated rings. The fourth-order valence-corrected chi connectivity index (χ4v) is 5.36. The minimum Gasteiger partial charge on any atom is -0.0999 e. The summed E-state index contributed by atoms with van der Waals surface area (Å²) in [5.74, 6) is 1.88. The second-order valence-corrected chi connectivity index (χ2v) is 11.3. The molecular formula is C35H58. The molecule has 0 nitrogen and oxygen atoms in total. The van der Waals surface area contributed by atoms with E-state index in [4.69, 9.17) is 0 Å². The predicted molar refractivity (Wildman–Crippen MR) is 161 cm³/mol. The summed E-state index contributed by atoms with van der Waals surface area (Å²) in [5, 5.41) is 0. The van der Waals surface area contributed by atoms with E-state index in [1.807, 2.05) is 0 Å². The molecule has 1 rings (SSSR count). The molecule has 0 saturated carbocycles. The Labute approximate surface area is 220 Å². The number of hydrogen-bond acceptors (Lipinski definition) is 0. The van der Waals surface area contributed by atoms with Crippen LogP contribution in [-0.4, -0.2) is 0 Å². The van der Waals surface area contributed by atoms with E-state index < -0.39 is 0 Å². The van der Waals surface area contributed by atoms with Gasteiger partial charge in [0.2, 0.25) is 0 Å². The van der Waals surface area contributed by atoms with Gasteiger partial charge in [-0.25, -0.2) is 0 Å². The Morgan fingerprint density at radius 1 is 0.857 bits per heavy atom. The molecule has 0 amide bonds. The van der Waals surface area contributed by atoms with Crippen molar-refractivity contribution in [2.45, 2.75) is 132 Å². The Hall–Kier alpha value is -1.56. The van der Waals surface area contributed by atoms with Gasteiger partial charge in [0.15, 0.2) is 0 Å². The van der Waals surface area contributed by atoms with Crippen molar-refractivity contribution in [3.63, 3.8) is 0 Å². The summed E-state index contributed by atoms with van der Waals surface area (Å²) in [5.41, 5.74) is 8.62. The summed E-state index contributed by atoms with van der Waals surface area (Å²) in [6.45, 7) is 24.8. The van der Waals surface area contributed by atoms with Crippen LogP contribution in [0.25, 0.3) is 5.57 Å². The van der Waals surface area contributed by atoms with Gasteiger partial charge < -0.3 is 0 Å². The third kappa shape index (κ3) is 11.8. The lowest BCUT2D eigenvalue weighted by molar-refractivity contribution is 0.446. The molecule has 0 aromatic heterocycles. The van der Waals surface area contributed by atoms with Crippen molar-refractivity contribution in [3.8, 4) is 0 Å². The van der Waals surface area contributed by atoms with Gasteiger partial charge in [-0.3, -0.25) is 0 Å². The molecule has 1 aromatic carbocycles. The monoisotopic (exact) mass is 478 g/mol. The van der Waals surface area contributed by atoms with E-state index in [9.17, 15) is 0 Å². The standard InChI is InChI=1S/C35H58/c1-10-13-15-17-19-33(27(4)5)25-22-30(8)34(12-3)35-26-32(24-21-31(35)9)23-20-29(7)28(6)18-16-14-11-2/h12,21,24,26,28,30,33H,4,7,10-11,13-20,22-23,25H2,1-3,5-6,8-9H3. The molecule has 0 aliphatic heterocycles. The number of hydrogen-bond donors (Lipinski definition) is 0. The van der Waals surface area contributed by atoms with E-state index >= 15 is 0 Å². The van der Waals surface area contributed by atoms with Gasteiger partial charge in [-0.2, -0.15) is 0 Å². The first-order valence-electron chi connectivity index (χ1n) is 14.8.